The number of aromatic nitrogens is 3. The smallest absolute Gasteiger partial charge is 0.251 e. The van der Waals surface area contributed by atoms with Crippen LogP contribution in [-0.2, 0) is 13.0 Å². The van der Waals surface area contributed by atoms with E-state index in [0.29, 0.717) is 24.2 Å². The molecule has 2 aromatic heterocycles. The molecule has 1 amide bonds. The summed E-state index contributed by atoms with van der Waals surface area (Å²) in [6.07, 6.45) is 2.41. The molecule has 3 N–H and O–H groups in total. The van der Waals surface area contributed by atoms with Gasteiger partial charge >= 0.3 is 0 Å². The number of hydrogen-bond acceptors (Lipinski definition) is 4. The van der Waals surface area contributed by atoms with Gasteiger partial charge in [-0.25, -0.2) is 0 Å². The Morgan fingerprint density at radius 1 is 0.967 bits per heavy atom. The second-order valence-electron chi connectivity index (χ2n) is 6.85. The van der Waals surface area contributed by atoms with Crippen LogP contribution in [0.2, 0.25) is 0 Å². The molecule has 0 saturated heterocycles. The van der Waals surface area contributed by atoms with Crippen LogP contribution in [0.5, 0.6) is 0 Å². The molecule has 0 atom stereocenters. The van der Waals surface area contributed by atoms with Gasteiger partial charge in [0.05, 0.1) is 18.0 Å². The van der Waals surface area contributed by atoms with Crippen LogP contribution in [0.15, 0.2) is 79.0 Å². The molecule has 0 spiro atoms. The van der Waals surface area contributed by atoms with Crippen molar-refractivity contribution in [3.8, 4) is 22.5 Å². The molecule has 2 heterocycles. The molecule has 0 unspecified atom stereocenters. The van der Waals surface area contributed by atoms with Crippen LogP contribution in [0.25, 0.3) is 22.5 Å². The molecule has 0 aliphatic heterocycles. The zero-order valence-corrected chi connectivity index (χ0v) is 16.4. The topological polar surface area (TPSA) is 90.9 Å². The standard InChI is InChI=1S/C24H22N4O2/c29-16-17-7-1-2-9-19(17)22-15-23(28-27-22)20-10-3-4-11-21(20)24(30)26-14-12-18-8-5-6-13-25-18/h1-11,13,15,29H,12,14,16H2,(H,26,30)(H,27,28). The molecule has 0 bridgehead atoms. The predicted molar refractivity (Wildman–Crippen MR) is 116 cm³/mol. The van der Waals surface area contributed by atoms with Crippen molar-refractivity contribution in [3.63, 3.8) is 0 Å². The fraction of sp³-hybridized carbons (Fsp3) is 0.125. The fourth-order valence-corrected chi connectivity index (χ4v) is 3.37. The monoisotopic (exact) mass is 398 g/mol. The fourth-order valence-electron chi connectivity index (χ4n) is 3.37. The summed E-state index contributed by atoms with van der Waals surface area (Å²) in [6.45, 7) is 0.444. The van der Waals surface area contributed by atoms with Gasteiger partial charge in [0, 0.05) is 41.5 Å². The first-order valence-corrected chi connectivity index (χ1v) is 9.78. The average Bonchev–Trinajstić information content (AvgIpc) is 3.29. The number of H-pyrrole nitrogens is 1. The lowest BCUT2D eigenvalue weighted by atomic mass is 10.0. The highest BCUT2D eigenvalue weighted by Crippen LogP contribution is 2.28. The SMILES string of the molecule is O=C(NCCc1ccccn1)c1ccccc1-c1cc(-c2ccccc2CO)[nH]n1. The third-order valence-electron chi connectivity index (χ3n) is 4.90. The van der Waals surface area contributed by atoms with E-state index in [4.69, 9.17) is 0 Å². The summed E-state index contributed by atoms with van der Waals surface area (Å²) in [6, 6.07) is 22.6. The van der Waals surface area contributed by atoms with Gasteiger partial charge in [0.1, 0.15) is 0 Å². The second-order valence-corrected chi connectivity index (χ2v) is 6.85. The first-order valence-electron chi connectivity index (χ1n) is 9.78. The zero-order valence-electron chi connectivity index (χ0n) is 16.4. The normalized spacial score (nSPS) is 10.7. The van der Waals surface area contributed by atoms with Gasteiger partial charge in [0.15, 0.2) is 0 Å². The molecule has 4 rings (SSSR count). The zero-order chi connectivity index (χ0) is 20.8. The number of benzene rings is 2. The molecule has 0 aliphatic rings. The Bertz CT molecular complexity index is 1140. The molecule has 4 aromatic rings. The van der Waals surface area contributed by atoms with Gasteiger partial charge in [-0.1, -0.05) is 48.5 Å². The van der Waals surface area contributed by atoms with Crippen molar-refractivity contribution < 1.29 is 9.90 Å². The van der Waals surface area contributed by atoms with Crippen molar-refractivity contribution in [1.29, 1.82) is 0 Å². The minimum absolute atomic E-state index is 0.0558. The molecular formula is C24H22N4O2. The summed E-state index contributed by atoms with van der Waals surface area (Å²) in [7, 11) is 0. The van der Waals surface area contributed by atoms with E-state index >= 15 is 0 Å². The number of carbonyl (C=O) groups is 1. The Morgan fingerprint density at radius 2 is 1.73 bits per heavy atom. The summed E-state index contributed by atoms with van der Waals surface area (Å²) < 4.78 is 0. The van der Waals surface area contributed by atoms with E-state index in [1.807, 2.05) is 66.7 Å². The second kappa shape index (κ2) is 9.15. The highest BCUT2D eigenvalue weighted by Gasteiger charge is 2.15. The van der Waals surface area contributed by atoms with Gasteiger partial charge in [-0.15, -0.1) is 0 Å². The quantitative estimate of drug-likeness (QED) is 0.444. The molecule has 150 valence electrons. The molecule has 0 saturated carbocycles. The predicted octanol–water partition coefficient (Wildman–Crippen LogP) is 3.60. The van der Waals surface area contributed by atoms with Crippen molar-refractivity contribution >= 4 is 5.91 Å². The van der Waals surface area contributed by atoms with E-state index in [1.54, 1.807) is 12.3 Å². The van der Waals surface area contributed by atoms with Crippen molar-refractivity contribution in [2.75, 3.05) is 6.54 Å². The summed E-state index contributed by atoms with van der Waals surface area (Å²) in [5.74, 6) is -0.151. The van der Waals surface area contributed by atoms with E-state index in [9.17, 15) is 9.90 Å². The molecule has 0 radical (unpaired) electrons. The van der Waals surface area contributed by atoms with Crippen LogP contribution < -0.4 is 5.32 Å². The van der Waals surface area contributed by atoms with Crippen molar-refractivity contribution in [1.82, 2.24) is 20.5 Å². The highest BCUT2D eigenvalue weighted by molar-refractivity contribution is 6.00. The number of aliphatic hydroxyl groups is 1. The van der Waals surface area contributed by atoms with E-state index in [0.717, 1.165) is 28.1 Å². The Hall–Kier alpha value is -3.77. The number of nitrogens with one attached hydrogen (secondary N) is 2. The van der Waals surface area contributed by atoms with E-state index in [-0.39, 0.29) is 12.5 Å². The number of amides is 1. The minimum Gasteiger partial charge on any atom is -0.392 e. The van der Waals surface area contributed by atoms with Crippen LogP contribution in [0.3, 0.4) is 0 Å². The maximum atomic E-state index is 12.8. The van der Waals surface area contributed by atoms with Crippen LogP contribution in [-0.4, -0.2) is 32.7 Å². The number of aromatic amines is 1. The van der Waals surface area contributed by atoms with Gasteiger partial charge in [0.25, 0.3) is 5.91 Å². The first kappa shape index (κ1) is 19.5. The summed E-state index contributed by atoms with van der Waals surface area (Å²) >= 11 is 0. The van der Waals surface area contributed by atoms with Gasteiger partial charge < -0.3 is 10.4 Å². The maximum absolute atomic E-state index is 12.8. The average molecular weight is 398 g/mol. The minimum atomic E-state index is -0.151. The number of carbonyl (C=O) groups excluding carboxylic acids is 1. The van der Waals surface area contributed by atoms with Gasteiger partial charge in [-0.05, 0) is 29.8 Å². The lowest BCUT2D eigenvalue weighted by Gasteiger charge is -2.08. The third kappa shape index (κ3) is 4.29. The van der Waals surface area contributed by atoms with E-state index in [2.05, 4.69) is 20.5 Å². The van der Waals surface area contributed by atoms with Gasteiger partial charge in [-0.3, -0.25) is 14.9 Å². The van der Waals surface area contributed by atoms with Crippen molar-refractivity contribution in [3.05, 3.63) is 95.8 Å². The Balaban J connectivity index is 1.53. The van der Waals surface area contributed by atoms with E-state index < -0.39 is 0 Å². The number of rotatable bonds is 7. The molecular weight excluding hydrogens is 376 g/mol. The number of aliphatic hydroxyl groups excluding tert-OH is 1. The van der Waals surface area contributed by atoms with Crippen molar-refractivity contribution in [2.45, 2.75) is 13.0 Å². The lowest BCUT2D eigenvalue weighted by molar-refractivity contribution is 0.0954. The molecule has 2 aromatic carbocycles. The van der Waals surface area contributed by atoms with Crippen LogP contribution >= 0.6 is 0 Å². The first-order chi connectivity index (χ1) is 14.8. The van der Waals surface area contributed by atoms with Crippen LogP contribution in [0, 0.1) is 0 Å². The molecule has 6 heteroatoms. The van der Waals surface area contributed by atoms with E-state index in [1.165, 1.54) is 0 Å². The number of hydrogen-bond donors (Lipinski definition) is 3. The number of nitrogens with zero attached hydrogens (tertiary/aromatic N) is 2. The Labute approximate surface area is 174 Å². The number of pyridine rings is 1. The summed E-state index contributed by atoms with van der Waals surface area (Å²) in [4.78, 5) is 17.1. The van der Waals surface area contributed by atoms with Crippen molar-refractivity contribution in [2.24, 2.45) is 0 Å². The molecule has 0 aliphatic carbocycles. The van der Waals surface area contributed by atoms with Crippen LogP contribution in [0.4, 0.5) is 0 Å². The molecule has 6 nitrogen and oxygen atoms in total. The maximum Gasteiger partial charge on any atom is 0.251 e. The Kier molecular flexibility index (Phi) is 5.96. The highest BCUT2D eigenvalue weighted by atomic mass is 16.3. The summed E-state index contributed by atoms with van der Waals surface area (Å²) in [5, 5.41) is 20.0. The van der Waals surface area contributed by atoms with Gasteiger partial charge in [-0.2, -0.15) is 5.10 Å². The van der Waals surface area contributed by atoms with Crippen LogP contribution in [0.1, 0.15) is 21.6 Å². The third-order valence-corrected chi connectivity index (χ3v) is 4.90. The molecule has 30 heavy (non-hydrogen) atoms. The summed E-state index contributed by atoms with van der Waals surface area (Å²) in [5.41, 5.74) is 5.41. The Morgan fingerprint density at radius 3 is 2.53 bits per heavy atom. The lowest BCUT2D eigenvalue weighted by Crippen LogP contribution is -2.26. The molecule has 0 fully saturated rings. The largest absolute Gasteiger partial charge is 0.392 e. The van der Waals surface area contributed by atoms with Gasteiger partial charge in [0.2, 0.25) is 0 Å².